The second kappa shape index (κ2) is 1.99. The van der Waals surface area contributed by atoms with Gasteiger partial charge in [0.15, 0.2) is 0 Å². The zero-order valence-corrected chi connectivity index (χ0v) is 4.40. The van der Waals surface area contributed by atoms with Gasteiger partial charge in [-0.2, -0.15) is 5.10 Å². The number of H-pyrrole nitrogens is 1. The second-order valence-corrected chi connectivity index (χ2v) is 1.71. The van der Waals surface area contributed by atoms with E-state index in [1.807, 2.05) is 6.07 Å². The number of rotatable bonds is 1. The number of aromatic amines is 1. The lowest BCUT2D eigenvalue weighted by Crippen LogP contribution is -1.77. The van der Waals surface area contributed by atoms with Gasteiger partial charge in [0.2, 0.25) is 0 Å². The Kier molecular flexibility index (Phi) is 1.33. The predicted octanol–water partition coefficient (Wildman–Crippen LogP) is 0.376. The summed E-state index contributed by atoms with van der Waals surface area (Å²) in [6.45, 7) is 0. The molecule has 4 heteroatoms. The van der Waals surface area contributed by atoms with E-state index < -0.39 is 0 Å². The van der Waals surface area contributed by atoms with Gasteiger partial charge in [-0.05, 0) is 18.0 Å². The van der Waals surface area contributed by atoms with E-state index in [0.29, 0.717) is 0 Å². The Labute approximate surface area is 45.4 Å². The molecule has 1 aromatic heterocycles. The molecule has 0 radical (unpaired) electrons. The van der Waals surface area contributed by atoms with Crippen LogP contribution in [-0.2, 0) is 0 Å². The lowest BCUT2D eigenvalue weighted by Gasteiger charge is -1.79. The Hall–Kier alpha value is -0.480. The molecule has 0 atom stereocenters. The van der Waals surface area contributed by atoms with E-state index in [1.165, 1.54) is 0 Å². The van der Waals surface area contributed by atoms with E-state index in [2.05, 4.69) is 10.2 Å². The Morgan fingerprint density at radius 3 is 3.00 bits per heavy atom. The van der Waals surface area contributed by atoms with Gasteiger partial charge in [-0.15, -0.1) is 0 Å². The minimum atomic E-state index is 0.889. The van der Waals surface area contributed by atoms with Gasteiger partial charge in [0.25, 0.3) is 0 Å². The van der Waals surface area contributed by atoms with Crippen LogP contribution in [0.15, 0.2) is 17.3 Å². The first kappa shape index (κ1) is 4.67. The molecule has 1 aromatic rings. The van der Waals surface area contributed by atoms with E-state index in [1.54, 1.807) is 6.20 Å². The number of nitrogens with zero attached hydrogens (tertiary/aromatic N) is 1. The second-order valence-electron chi connectivity index (χ2n) is 1.04. The third-order valence-corrected chi connectivity index (χ3v) is 1.08. The number of nitrogens with two attached hydrogens (primary N) is 1. The van der Waals surface area contributed by atoms with Gasteiger partial charge >= 0.3 is 0 Å². The monoisotopic (exact) mass is 115 g/mol. The topological polar surface area (TPSA) is 54.7 Å². The van der Waals surface area contributed by atoms with E-state index in [-0.39, 0.29) is 0 Å². The van der Waals surface area contributed by atoms with Crippen LogP contribution in [0.1, 0.15) is 0 Å². The largest absolute Gasteiger partial charge is 0.272 e. The van der Waals surface area contributed by atoms with Crippen molar-refractivity contribution in [2.24, 2.45) is 5.14 Å². The fourth-order valence-corrected chi connectivity index (χ4v) is 0.554. The highest BCUT2D eigenvalue weighted by Gasteiger charge is 1.83. The average Bonchev–Trinajstić information content (AvgIpc) is 2.14. The SMILES string of the molecule is NSc1ccn[nH]1. The summed E-state index contributed by atoms with van der Waals surface area (Å²) in [6.07, 6.45) is 1.66. The predicted molar refractivity (Wildman–Crippen MR) is 28.6 cm³/mol. The number of hydrogen-bond acceptors (Lipinski definition) is 3. The summed E-state index contributed by atoms with van der Waals surface area (Å²) in [7, 11) is 0. The van der Waals surface area contributed by atoms with Crippen LogP contribution in [0.5, 0.6) is 0 Å². The van der Waals surface area contributed by atoms with Crippen LogP contribution < -0.4 is 5.14 Å². The van der Waals surface area contributed by atoms with E-state index in [9.17, 15) is 0 Å². The number of nitrogens with one attached hydrogen (secondary N) is 1. The van der Waals surface area contributed by atoms with Gasteiger partial charge in [-0.1, -0.05) is 0 Å². The zero-order chi connectivity index (χ0) is 5.11. The van der Waals surface area contributed by atoms with Crippen LogP contribution >= 0.6 is 11.9 Å². The van der Waals surface area contributed by atoms with Crippen molar-refractivity contribution < 1.29 is 0 Å². The third kappa shape index (κ3) is 0.942. The van der Waals surface area contributed by atoms with Gasteiger partial charge in [0, 0.05) is 6.20 Å². The molecule has 1 heterocycles. The van der Waals surface area contributed by atoms with Gasteiger partial charge in [0.1, 0.15) is 5.03 Å². The summed E-state index contributed by atoms with van der Waals surface area (Å²) in [6, 6.07) is 1.81. The minimum absolute atomic E-state index is 0.889. The van der Waals surface area contributed by atoms with Crippen molar-refractivity contribution in [3.05, 3.63) is 12.3 Å². The molecule has 1 rings (SSSR count). The van der Waals surface area contributed by atoms with Gasteiger partial charge in [-0.3, -0.25) is 10.2 Å². The maximum atomic E-state index is 5.14. The highest BCUT2D eigenvalue weighted by Crippen LogP contribution is 2.02. The molecule has 0 spiro atoms. The molecule has 0 bridgehead atoms. The van der Waals surface area contributed by atoms with Crippen LogP contribution in [0.25, 0.3) is 0 Å². The molecule has 0 saturated carbocycles. The molecule has 38 valence electrons. The first-order valence-corrected chi connectivity index (χ1v) is 2.67. The van der Waals surface area contributed by atoms with Crippen molar-refractivity contribution in [3.8, 4) is 0 Å². The summed E-state index contributed by atoms with van der Waals surface area (Å²) in [5, 5.41) is 12.4. The van der Waals surface area contributed by atoms with Crippen molar-refractivity contribution in [2.45, 2.75) is 5.03 Å². The Balaban J connectivity index is 2.76. The maximum Gasteiger partial charge on any atom is 0.105 e. The lowest BCUT2D eigenvalue weighted by molar-refractivity contribution is 1.00. The Bertz CT molecular complexity index is 125. The van der Waals surface area contributed by atoms with Gasteiger partial charge < -0.3 is 0 Å². The molecule has 0 aromatic carbocycles. The lowest BCUT2D eigenvalue weighted by atomic mass is 10.8. The molecule has 0 amide bonds. The molecule has 0 unspecified atom stereocenters. The molecular formula is C3H5N3S. The third-order valence-electron chi connectivity index (χ3n) is 0.602. The van der Waals surface area contributed by atoms with E-state index >= 15 is 0 Å². The molecule has 3 nitrogen and oxygen atoms in total. The summed E-state index contributed by atoms with van der Waals surface area (Å²) in [4.78, 5) is 0. The van der Waals surface area contributed by atoms with E-state index in [4.69, 9.17) is 5.14 Å². The highest BCUT2D eigenvalue weighted by atomic mass is 32.2. The smallest absolute Gasteiger partial charge is 0.105 e. The molecule has 0 fully saturated rings. The summed E-state index contributed by atoms with van der Waals surface area (Å²) in [5.41, 5.74) is 0. The maximum absolute atomic E-state index is 5.14. The normalized spacial score (nSPS) is 9.29. The average molecular weight is 115 g/mol. The number of hydrogen-bond donors (Lipinski definition) is 2. The molecular weight excluding hydrogens is 110 g/mol. The first-order valence-electron chi connectivity index (χ1n) is 1.79. The summed E-state index contributed by atoms with van der Waals surface area (Å²) < 4.78 is 0. The zero-order valence-electron chi connectivity index (χ0n) is 3.59. The van der Waals surface area contributed by atoms with Gasteiger partial charge in [-0.25, -0.2) is 0 Å². The van der Waals surface area contributed by atoms with Gasteiger partial charge in [0.05, 0.1) is 0 Å². The fraction of sp³-hybridized carbons (Fsp3) is 0. The molecule has 0 aliphatic heterocycles. The molecule has 0 saturated heterocycles. The fourth-order valence-electron chi connectivity index (χ4n) is 0.309. The summed E-state index contributed by atoms with van der Waals surface area (Å²) >= 11 is 1.16. The van der Waals surface area contributed by atoms with Crippen LogP contribution in [0.3, 0.4) is 0 Å². The minimum Gasteiger partial charge on any atom is -0.272 e. The van der Waals surface area contributed by atoms with Crippen LogP contribution in [-0.4, -0.2) is 10.2 Å². The van der Waals surface area contributed by atoms with Crippen LogP contribution in [0, 0.1) is 0 Å². The van der Waals surface area contributed by atoms with Crippen molar-refractivity contribution in [2.75, 3.05) is 0 Å². The van der Waals surface area contributed by atoms with Crippen molar-refractivity contribution >= 4 is 11.9 Å². The van der Waals surface area contributed by atoms with E-state index in [0.717, 1.165) is 17.0 Å². The Morgan fingerprint density at radius 2 is 2.71 bits per heavy atom. The van der Waals surface area contributed by atoms with Crippen molar-refractivity contribution in [1.82, 2.24) is 10.2 Å². The first-order chi connectivity index (χ1) is 3.43. The molecule has 0 aliphatic rings. The van der Waals surface area contributed by atoms with Crippen LogP contribution in [0.4, 0.5) is 0 Å². The van der Waals surface area contributed by atoms with Crippen LogP contribution in [0.2, 0.25) is 0 Å². The molecule has 0 aliphatic carbocycles. The molecule has 3 N–H and O–H groups in total. The Morgan fingerprint density at radius 1 is 1.86 bits per heavy atom. The quantitative estimate of drug-likeness (QED) is 0.520. The van der Waals surface area contributed by atoms with Crippen molar-refractivity contribution in [3.63, 3.8) is 0 Å². The molecule has 7 heavy (non-hydrogen) atoms. The standard InChI is InChI=1S/C3H5N3S/c4-7-3-1-2-5-6-3/h1-2H,4H2,(H,5,6). The van der Waals surface area contributed by atoms with Crippen molar-refractivity contribution in [1.29, 1.82) is 0 Å². The summed E-state index contributed by atoms with van der Waals surface area (Å²) in [5.74, 6) is 0. The highest BCUT2D eigenvalue weighted by molar-refractivity contribution is 7.97. The number of aromatic nitrogens is 2.